The van der Waals surface area contributed by atoms with E-state index in [0.717, 1.165) is 0 Å². The number of rotatable bonds is 7. The molecule has 0 saturated carbocycles. The number of hydrogen-bond acceptors (Lipinski definition) is 0. The van der Waals surface area contributed by atoms with Crippen LogP contribution >= 0.6 is 0 Å². The predicted molar refractivity (Wildman–Crippen MR) is 86.0 cm³/mol. The first-order valence-electron chi connectivity index (χ1n) is 7.51. The third kappa shape index (κ3) is 3.84. The summed E-state index contributed by atoms with van der Waals surface area (Å²) < 4.78 is 1.65. The van der Waals surface area contributed by atoms with Crippen molar-refractivity contribution in [2.24, 2.45) is 0 Å². The molecule has 0 radical (unpaired) electrons. The summed E-state index contributed by atoms with van der Waals surface area (Å²) in [6.07, 6.45) is 7.81. The molecule has 0 fully saturated rings. The summed E-state index contributed by atoms with van der Waals surface area (Å²) in [5, 5.41) is 0. The topological polar surface area (TPSA) is 0 Å². The Morgan fingerprint density at radius 3 is 2.26 bits per heavy atom. The molecule has 2 aromatic rings. The van der Waals surface area contributed by atoms with Crippen molar-refractivity contribution in [3.05, 3.63) is 46.4 Å². The van der Waals surface area contributed by atoms with Crippen LogP contribution in [-0.2, 0) is 12.8 Å². The molecule has 0 aliphatic rings. The SMILES string of the molecule is CCCCc1c[se]c(-c2ccccc2)c1CCCC. The maximum absolute atomic E-state index is 2.54. The van der Waals surface area contributed by atoms with Crippen molar-refractivity contribution in [2.45, 2.75) is 52.4 Å². The molecule has 0 bridgehead atoms. The van der Waals surface area contributed by atoms with E-state index in [1.807, 2.05) is 0 Å². The zero-order valence-corrected chi connectivity index (χ0v) is 13.8. The molecule has 0 aliphatic carbocycles. The second-order valence-electron chi connectivity index (χ2n) is 5.14. The molecule has 0 nitrogen and oxygen atoms in total. The van der Waals surface area contributed by atoms with E-state index < -0.39 is 0 Å². The Kier molecular flexibility index (Phi) is 5.94. The third-order valence-corrected chi connectivity index (χ3v) is 5.95. The Balaban J connectivity index is 2.29. The average Bonchev–Trinajstić information content (AvgIpc) is 2.86. The first-order valence-corrected chi connectivity index (χ1v) is 9.36. The molecule has 0 unspecified atom stereocenters. The van der Waals surface area contributed by atoms with Gasteiger partial charge in [0.05, 0.1) is 0 Å². The first-order chi connectivity index (χ1) is 9.36. The van der Waals surface area contributed by atoms with Crippen LogP contribution in [0, 0.1) is 0 Å². The van der Waals surface area contributed by atoms with Gasteiger partial charge < -0.3 is 0 Å². The monoisotopic (exact) mass is 320 g/mol. The molecule has 1 aromatic heterocycles. The van der Waals surface area contributed by atoms with Crippen LogP contribution in [0.3, 0.4) is 0 Å². The number of aryl methyl sites for hydroxylation is 1. The van der Waals surface area contributed by atoms with E-state index in [0.29, 0.717) is 14.5 Å². The van der Waals surface area contributed by atoms with Crippen LogP contribution in [0.5, 0.6) is 0 Å². The Hall–Kier alpha value is -0.781. The first kappa shape index (κ1) is 14.6. The van der Waals surface area contributed by atoms with Gasteiger partial charge in [0.2, 0.25) is 0 Å². The molecule has 1 heteroatoms. The molecule has 102 valence electrons. The van der Waals surface area contributed by atoms with Gasteiger partial charge in [-0.05, 0) is 0 Å². The summed E-state index contributed by atoms with van der Waals surface area (Å²) >= 11 is 0.549. The van der Waals surface area contributed by atoms with Crippen LogP contribution in [0.4, 0.5) is 0 Å². The maximum atomic E-state index is 2.54. The summed E-state index contributed by atoms with van der Waals surface area (Å²) in [6, 6.07) is 11.0. The van der Waals surface area contributed by atoms with Crippen LogP contribution in [0.1, 0.15) is 50.7 Å². The van der Waals surface area contributed by atoms with Crippen molar-refractivity contribution < 1.29 is 0 Å². The summed E-state index contributed by atoms with van der Waals surface area (Å²) in [5.74, 6) is 0. The molecular formula is C18H24Se. The minimum absolute atomic E-state index is 0.549. The van der Waals surface area contributed by atoms with Gasteiger partial charge in [0.1, 0.15) is 0 Å². The van der Waals surface area contributed by atoms with Crippen molar-refractivity contribution in [1.29, 1.82) is 0 Å². The summed E-state index contributed by atoms with van der Waals surface area (Å²) in [5.41, 5.74) is 4.80. The predicted octanol–water partition coefficient (Wildman–Crippen LogP) is 5.10. The van der Waals surface area contributed by atoms with Crippen molar-refractivity contribution in [3.63, 3.8) is 0 Å². The average molecular weight is 319 g/mol. The van der Waals surface area contributed by atoms with Gasteiger partial charge in [-0.2, -0.15) is 0 Å². The minimum atomic E-state index is 0.549. The van der Waals surface area contributed by atoms with Crippen molar-refractivity contribution in [2.75, 3.05) is 0 Å². The summed E-state index contributed by atoms with van der Waals surface area (Å²) in [4.78, 5) is 2.54. The van der Waals surface area contributed by atoms with Crippen LogP contribution in [0.15, 0.2) is 35.3 Å². The normalized spacial score (nSPS) is 10.8. The van der Waals surface area contributed by atoms with E-state index in [2.05, 4.69) is 49.1 Å². The molecule has 0 spiro atoms. The Morgan fingerprint density at radius 2 is 1.58 bits per heavy atom. The van der Waals surface area contributed by atoms with Crippen molar-refractivity contribution >= 4 is 14.5 Å². The Bertz CT molecular complexity index is 482. The van der Waals surface area contributed by atoms with Gasteiger partial charge in [0.25, 0.3) is 0 Å². The molecule has 0 saturated heterocycles. The standard InChI is InChI=1S/C18H24Se/c1-3-5-10-16-14-19-18(17(16)13-6-4-2)15-11-8-7-9-12-15/h7-9,11-12,14H,3-6,10,13H2,1-2H3. The van der Waals surface area contributed by atoms with E-state index in [9.17, 15) is 0 Å². The Morgan fingerprint density at radius 1 is 0.895 bits per heavy atom. The van der Waals surface area contributed by atoms with Crippen LogP contribution in [0.25, 0.3) is 10.0 Å². The van der Waals surface area contributed by atoms with Gasteiger partial charge in [0, 0.05) is 0 Å². The molecule has 1 heterocycles. The van der Waals surface area contributed by atoms with E-state index in [4.69, 9.17) is 0 Å². The molecule has 0 N–H and O–H groups in total. The second kappa shape index (κ2) is 7.72. The van der Waals surface area contributed by atoms with Crippen LogP contribution in [-0.4, -0.2) is 14.5 Å². The molecule has 19 heavy (non-hydrogen) atoms. The van der Waals surface area contributed by atoms with Gasteiger partial charge in [-0.25, -0.2) is 0 Å². The van der Waals surface area contributed by atoms with Gasteiger partial charge in [-0.15, -0.1) is 0 Å². The van der Waals surface area contributed by atoms with Gasteiger partial charge in [-0.1, -0.05) is 0 Å². The molecule has 0 atom stereocenters. The zero-order chi connectivity index (χ0) is 13.5. The number of benzene rings is 1. The van der Waals surface area contributed by atoms with Crippen LogP contribution < -0.4 is 0 Å². The van der Waals surface area contributed by atoms with Crippen molar-refractivity contribution in [3.8, 4) is 10.0 Å². The van der Waals surface area contributed by atoms with Gasteiger partial charge >= 0.3 is 123 Å². The third-order valence-electron chi connectivity index (χ3n) is 3.60. The quantitative estimate of drug-likeness (QED) is 0.623. The molecule has 1 aromatic carbocycles. The van der Waals surface area contributed by atoms with Crippen LogP contribution in [0.2, 0.25) is 0 Å². The van der Waals surface area contributed by atoms with E-state index in [1.54, 1.807) is 15.6 Å². The van der Waals surface area contributed by atoms with E-state index in [1.165, 1.54) is 44.1 Å². The zero-order valence-electron chi connectivity index (χ0n) is 12.1. The fraction of sp³-hybridized carbons (Fsp3) is 0.444. The molecular weight excluding hydrogens is 295 g/mol. The number of unbranched alkanes of at least 4 members (excludes halogenated alkanes) is 2. The second-order valence-corrected chi connectivity index (χ2v) is 6.99. The van der Waals surface area contributed by atoms with Gasteiger partial charge in [0.15, 0.2) is 0 Å². The number of hydrogen-bond donors (Lipinski definition) is 0. The summed E-state index contributed by atoms with van der Waals surface area (Å²) in [7, 11) is 0. The van der Waals surface area contributed by atoms with E-state index >= 15 is 0 Å². The van der Waals surface area contributed by atoms with Crippen molar-refractivity contribution in [1.82, 2.24) is 0 Å². The Labute approximate surface area is 123 Å². The fourth-order valence-electron chi connectivity index (χ4n) is 2.45. The summed E-state index contributed by atoms with van der Waals surface area (Å²) in [6.45, 7) is 4.58. The molecule has 0 amide bonds. The molecule has 2 rings (SSSR count). The van der Waals surface area contributed by atoms with E-state index in [-0.39, 0.29) is 0 Å². The van der Waals surface area contributed by atoms with Gasteiger partial charge in [-0.3, -0.25) is 0 Å². The molecule has 0 aliphatic heterocycles. The fourth-order valence-corrected chi connectivity index (χ4v) is 4.90.